The third-order valence-corrected chi connectivity index (χ3v) is 4.80. The number of aryl methyl sites for hydroxylation is 1. The van der Waals surface area contributed by atoms with E-state index in [4.69, 9.17) is 0 Å². The summed E-state index contributed by atoms with van der Waals surface area (Å²) in [5, 5.41) is 0.578. The number of benzene rings is 2. The molecular weight excluding hydrogens is 324 g/mol. The average molecular weight is 348 g/mol. The van der Waals surface area contributed by atoms with Gasteiger partial charge < -0.3 is 4.98 Å². The number of aromatic nitrogens is 1. The fourth-order valence-corrected chi connectivity index (χ4v) is 3.21. The number of carbonyl (C=O) groups excluding carboxylic acids is 1. The summed E-state index contributed by atoms with van der Waals surface area (Å²) < 4.78 is 0. The van der Waals surface area contributed by atoms with E-state index in [1.807, 2.05) is 31.2 Å². The van der Waals surface area contributed by atoms with Crippen molar-refractivity contribution in [2.45, 2.75) is 33.9 Å². The maximum absolute atomic E-state index is 13.1. The lowest BCUT2D eigenvalue weighted by Crippen LogP contribution is -2.27. The summed E-state index contributed by atoms with van der Waals surface area (Å²) in [5.74, 6) is -0.0345. The number of hydrogen-bond acceptors (Lipinski definition) is 3. The number of hydrogen-bond donors (Lipinski definition) is 1. The predicted octanol–water partition coefficient (Wildman–Crippen LogP) is 4.06. The van der Waals surface area contributed by atoms with Crippen LogP contribution in [0, 0.1) is 6.92 Å². The van der Waals surface area contributed by atoms with Crippen LogP contribution in [-0.4, -0.2) is 22.2 Å². The number of rotatable bonds is 6. The van der Waals surface area contributed by atoms with Gasteiger partial charge in [0, 0.05) is 40.8 Å². The van der Waals surface area contributed by atoms with Crippen molar-refractivity contribution in [1.29, 1.82) is 0 Å². The molecule has 0 bridgehead atoms. The smallest absolute Gasteiger partial charge is 0.194 e. The Hall–Kier alpha value is -2.72. The lowest BCUT2D eigenvalue weighted by atomic mass is 10.0. The second-order valence-corrected chi connectivity index (χ2v) is 6.66. The molecule has 0 fully saturated rings. The van der Waals surface area contributed by atoms with Crippen LogP contribution >= 0.6 is 0 Å². The van der Waals surface area contributed by atoms with Crippen LogP contribution in [0.25, 0.3) is 10.9 Å². The third-order valence-electron chi connectivity index (χ3n) is 4.80. The molecule has 3 rings (SSSR count). The molecular formula is C22H24N2O2. The first-order valence-electron chi connectivity index (χ1n) is 8.92. The summed E-state index contributed by atoms with van der Waals surface area (Å²) in [6.45, 7) is 7.77. The molecule has 1 N–H and O–H groups in total. The first-order chi connectivity index (χ1) is 12.5. The Morgan fingerprint density at radius 3 is 2.46 bits per heavy atom. The van der Waals surface area contributed by atoms with E-state index >= 15 is 0 Å². The summed E-state index contributed by atoms with van der Waals surface area (Å²) in [7, 11) is 0. The summed E-state index contributed by atoms with van der Waals surface area (Å²) in [6.07, 6.45) is 0. The highest BCUT2D eigenvalue weighted by Gasteiger charge is 2.14. The molecule has 4 nitrogen and oxygen atoms in total. The van der Waals surface area contributed by atoms with Crippen LogP contribution in [0.2, 0.25) is 0 Å². The first-order valence-corrected chi connectivity index (χ1v) is 8.92. The number of fused-ring (bicyclic) bond motifs is 1. The molecule has 134 valence electrons. The Kier molecular flexibility index (Phi) is 5.33. The van der Waals surface area contributed by atoms with Crippen LogP contribution in [0.1, 0.15) is 41.0 Å². The molecule has 0 amide bonds. The fourth-order valence-electron chi connectivity index (χ4n) is 3.21. The van der Waals surface area contributed by atoms with E-state index in [2.05, 4.69) is 28.9 Å². The quantitative estimate of drug-likeness (QED) is 0.684. The lowest BCUT2D eigenvalue weighted by molar-refractivity contribution is 0.101. The molecule has 0 unspecified atom stereocenters. The van der Waals surface area contributed by atoms with Crippen LogP contribution in [0.15, 0.2) is 53.3 Å². The number of carbonyl (C=O) groups is 1. The van der Waals surface area contributed by atoms with Crippen LogP contribution in [0.4, 0.5) is 0 Å². The minimum absolute atomic E-state index is 0.00543. The zero-order valence-electron chi connectivity index (χ0n) is 15.5. The van der Waals surface area contributed by atoms with E-state index in [-0.39, 0.29) is 11.2 Å². The van der Waals surface area contributed by atoms with Gasteiger partial charge in [0.15, 0.2) is 11.2 Å². The van der Waals surface area contributed by atoms with E-state index < -0.39 is 0 Å². The van der Waals surface area contributed by atoms with Crippen molar-refractivity contribution in [2.75, 3.05) is 6.54 Å². The second kappa shape index (κ2) is 7.67. The molecule has 0 spiro atoms. The largest absolute Gasteiger partial charge is 0.358 e. The molecule has 0 atom stereocenters. The van der Waals surface area contributed by atoms with Crippen molar-refractivity contribution in [3.8, 4) is 0 Å². The van der Waals surface area contributed by atoms with Crippen molar-refractivity contribution >= 4 is 16.7 Å². The highest BCUT2D eigenvalue weighted by atomic mass is 16.1. The molecule has 0 saturated heterocycles. The van der Waals surface area contributed by atoms with Gasteiger partial charge in [-0.2, -0.15) is 0 Å². The van der Waals surface area contributed by atoms with Crippen LogP contribution in [-0.2, 0) is 13.1 Å². The van der Waals surface area contributed by atoms with Gasteiger partial charge in [0.2, 0.25) is 0 Å². The summed E-state index contributed by atoms with van der Waals surface area (Å²) in [4.78, 5) is 30.3. The molecule has 0 aliphatic heterocycles. The molecule has 0 aliphatic carbocycles. The van der Waals surface area contributed by atoms with Gasteiger partial charge in [-0.15, -0.1) is 0 Å². The van der Waals surface area contributed by atoms with Crippen molar-refractivity contribution in [1.82, 2.24) is 9.88 Å². The number of nitrogens with one attached hydrogen (secondary N) is 1. The Labute approximate surface area is 153 Å². The molecule has 0 radical (unpaired) electrons. The summed E-state index contributed by atoms with van der Waals surface area (Å²) in [5.41, 5.74) is 4.20. The number of pyridine rings is 1. The minimum atomic E-state index is -0.0345. The number of Topliss-reactive ketones (excluding diaryl/α,β-unsaturated/α-hetero) is 1. The Bertz CT molecular complexity index is 990. The monoisotopic (exact) mass is 348 g/mol. The molecule has 0 aliphatic rings. The van der Waals surface area contributed by atoms with Crippen LogP contribution in [0.5, 0.6) is 0 Å². The zero-order valence-corrected chi connectivity index (χ0v) is 15.5. The Morgan fingerprint density at radius 2 is 1.81 bits per heavy atom. The third kappa shape index (κ3) is 3.75. The summed E-state index contributed by atoms with van der Waals surface area (Å²) in [6, 6.07) is 15.5. The Morgan fingerprint density at radius 1 is 1.08 bits per heavy atom. The van der Waals surface area contributed by atoms with Gasteiger partial charge in [0.25, 0.3) is 0 Å². The van der Waals surface area contributed by atoms with Crippen molar-refractivity contribution in [2.24, 2.45) is 0 Å². The van der Waals surface area contributed by atoms with E-state index in [1.165, 1.54) is 12.5 Å². The van der Waals surface area contributed by atoms with Crippen molar-refractivity contribution in [3.05, 3.63) is 81.1 Å². The van der Waals surface area contributed by atoms with E-state index in [0.29, 0.717) is 17.5 Å². The van der Waals surface area contributed by atoms with Crippen molar-refractivity contribution in [3.63, 3.8) is 0 Å². The molecule has 26 heavy (non-hydrogen) atoms. The van der Waals surface area contributed by atoms with Crippen LogP contribution < -0.4 is 5.43 Å². The molecule has 4 heteroatoms. The second-order valence-electron chi connectivity index (χ2n) is 6.66. The molecule has 1 aromatic heterocycles. The van der Waals surface area contributed by atoms with Gasteiger partial charge in [0.1, 0.15) is 0 Å². The Balaban J connectivity index is 1.98. The van der Waals surface area contributed by atoms with Gasteiger partial charge in [0.05, 0.1) is 0 Å². The standard InChI is InChI=1S/C22H24N2O2/c1-4-24(13-17-8-6-5-7-9-17)14-20-15(2)23-21-11-10-18(16(3)25)12-19(21)22(20)26/h5-12H,4,13-14H2,1-3H3,(H,23,26). The minimum Gasteiger partial charge on any atom is -0.358 e. The highest BCUT2D eigenvalue weighted by molar-refractivity contribution is 5.97. The van der Waals surface area contributed by atoms with Gasteiger partial charge >= 0.3 is 0 Å². The van der Waals surface area contributed by atoms with Gasteiger partial charge in [-0.3, -0.25) is 14.5 Å². The van der Waals surface area contributed by atoms with Gasteiger partial charge in [-0.25, -0.2) is 0 Å². The number of nitrogens with zero attached hydrogens (tertiary/aromatic N) is 1. The average Bonchev–Trinajstić information content (AvgIpc) is 2.64. The van der Waals surface area contributed by atoms with E-state index in [1.54, 1.807) is 12.1 Å². The van der Waals surface area contributed by atoms with Crippen LogP contribution in [0.3, 0.4) is 0 Å². The topological polar surface area (TPSA) is 53.2 Å². The maximum atomic E-state index is 13.1. The SMILES string of the molecule is CCN(Cc1ccccc1)Cc1c(C)[nH]c2ccc(C(C)=O)cc2c1=O. The summed E-state index contributed by atoms with van der Waals surface area (Å²) >= 11 is 0. The first kappa shape index (κ1) is 18.1. The fraction of sp³-hybridized carbons (Fsp3) is 0.273. The predicted molar refractivity (Wildman–Crippen MR) is 106 cm³/mol. The lowest BCUT2D eigenvalue weighted by Gasteiger charge is -2.21. The maximum Gasteiger partial charge on any atom is 0.194 e. The number of H-pyrrole nitrogens is 1. The van der Waals surface area contributed by atoms with Gasteiger partial charge in [-0.1, -0.05) is 37.3 Å². The molecule has 2 aromatic carbocycles. The molecule has 3 aromatic rings. The zero-order chi connectivity index (χ0) is 18.7. The number of ketones is 1. The van der Waals surface area contributed by atoms with Gasteiger partial charge in [-0.05, 0) is 44.2 Å². The van der Waals surface area contributed by atoms with Crippen molar-refractivity contribution < 1.29 is 4.79 Å². The normalized spacial score (nSPS) is 11.2. The van der Waals surface area contributed by atoms with E-state index in [9.17, 15) is 9.59 Å². The van der Waals surface area contributed by atoms with E-state index in [0.717, 1.165) is 29.9 Å². The highest BCUT2D eigenvalue weighted by Crippen LogP contribution is 2.16. The molecule has 0 saturated carbocycles. The molecule has 1 heterocycles. The number of aromatic amines is 1.